The van der Waals surface area contributed by atoms with E-state index in [-0.39, 0.29) is 11.9 Å². The van der Waals surface area contributed by atoms with Crippen molar-refractivity contribution in [1.29, 1.82) is 0 Å². The fourth-order valence-corrected chi connectivity index (χ4v) is 5.49. The van der Waals surface area contributed by atoms with Crippen LogP contribution in [0.4, 0.5) is 0 Å². The van der Waals surface area contributed by atoms with Crippen LogP contribution in [0, 0.1) is 11.8 Å². The summed E-state index contributed by atoms with van der Waals surface area (Å²) >= 11 is 0. The fourth-order valence-electron chi connectivity index (χ4n) is 5.49. The highest BCUT2D eigenvalue weighted by molar-refractivity contribution is 5.71. The third kappa shape index (κ3) is 26.8. The van der Waals surface area contributed by atoms with E-state index in [1.54, 1.807) is 0 Å². The maximum absolute atomic E-state index is 12.7. The van der Waals surface area contributed by atoms with Gasteiger partial charge in [-0.2, -0.15) is 0 Å². The second-order valence-corrected chi connectivity index (χ2v) is 12.2. The van der Waals surface area contributed by atoms with Crippen LogP contribution >= 0.6 is 0 Å². The van der Waals surface area contributed by atoms with Gasteiger partial charge in [0.25, 0.3) is 0 Å². The molecule has 2 nitrogen and oxygen atoms in total. The summed E-state index contributed by atoms with van der Waals surface area (Å²) in [6, 6.07) is 0. The molecule has 2 heteroatoms. The predicted octanol–water partition coefficient (Wildman–Crippen LogP) is 12.4. The predicted molar refractivity (Wildman–Crippen MR) is 165 cm³/mol. The molecule has 0 rings (SSSR count). The molecule has 0 aliphatic rings. The zero-order chi connectivity index (χ0) is 27.2. The Morgan fingerprint density at radius 3 is 1.11 bits per heavy atom. The van der Waals surface area contributed by atoms with Crippen LogP contribution < -0.4 is 0 Å². The van der Waals surface area contributed by atoms with E-state index in [4.69, 9.17) is 4.74 Å². The Morgan fingerprint density at radius 2 is 0.757 bits per heavy atom. The van der Waals surface area contributed by atoms with Crippen molar-refractivity contribution in [3.63, 3.8) is 0 Å². The summed E-state index contributed by atoms with van der Waals surface area (Å²) in [5.74, 6) is 0.687. The highest BCUT2D eigenvalue weighted by Gasteiger charge is 2.17. The molecule has 0 amide bonds. The van der Waals surface area contributed by atoms with Crippen molar-refractivity contribution in [2.45, 2.75) is 201 Å². The van der Waals surface area contributed by atoms with E-state index >= 15 is 0 Å². The Morgan fingerprint density at radius 1 is 0.459 bits per heavy atom. The van der Waals surface area contributed by atoms with Crippen molar-refractivity contribution in [2.24, 2.45) is 11.8 Å². The average Bonchev–Trinajstić information content (AvgIpc) is 2.90. The Bertz CT molecular complexity index is 429. The molecule has 0 saturated carbocycles. The first-order chi connectivity index (χ1) is 18.2. The molecule has 222 valence electrons. The Labute approximate surface area is 234 Å². The summed E-state index contributed by atoms with van der Waals surface area (Å²) in [7, 11) is 0. The van der Waals surface area contributed by atoms with E-state index in [2.05, 4.69) is 27.7 Å². The lowest BCUT2D eigenvalue weighted by atomic mass is 9.94. The number of carbonyl (C=O) groups excluding carboxylic acids is 1. The van der Waals surface area contributed by atoms with Crippen molar-refractivity contribution in [1.82, 2.24) is 0 Å². The molecule has 0 N–H and O–H groups in total. The number of esters is 1. The fraction of sp³-hybridized carbons (Fsp3) is 0.971. The first-order valence-corrected chi connectivity index (χ1v) is 17.3. The second-order valence-electron chi connectivity index (χ2n) is 12.2. The average molecular weight is 523 g/mol. The van der Waals surface area contributed by atoms with Gasteiger partial charge in [0.1, 0.15) is 0 Å². The summed E-state index contributed by atoms with van der Waals surface area (Å²) < 4.78 is 5.89. The minimum absolute atomic E-state index is 0.0556. The topological polar surface area (TPSA) is 26.3 Å². The minimum atomic E-state index is 0.0556. The Balaban J connectivity index is 4.07. The van der Waals surface area contributed by atoms with Gasteiger partial charge in [0.05, 0.1) is 12.5 Å². The summed E-state index contributed by atoms with van der Waals surface area (Å²) in [6.45, 7) is 9.59. The molecule has 1 atom stereocenters. The highest BCUT2D eigenvalue weighted by Crippen LogP contribution is 2.21. The van der Waals surface area contributed by atoms with Gasteiger partial charge in [0, 0.05) is 0 Å². The van der Waals surface area contributed by atoms with Crippen LogP contribution in [-0.2, 0) is 9.53 Å². The smallest absolute Gasteiger partial charge is 0.308 e. The van der Waals surface area contributed by atoms with Crippen molar-refractivity contribution >= 4 is 5.97 Å². The maximum Gasteiger partial charge on any atom is 0.308 e. The number of hydrogen-bond acceptors (Lipinski definition) is 2. The quantitative estimate of drug-likeness (QED) is 0.0692. The summed E-state index contributed by atoms with van der Waals surface area (Å²) in [6.07, 6.45) is 36.0. The molecule has 37 heavy (non-hydrogen) atoms. The highest BCUT2D eigenvalue weighted by atomic mass is 16.5. The van der Waals surface area contributed by atoms with Gasteiger partial charge in [-0.3, -0.25) is 4.79 Å². The van der Waals surface area contributed by atoms with E-state index in [1.165, 1.54) is 167 Å². The monoisotopic (exact) mass is 523 g/mol. The number of hydrogen-bond donors (Lipinski definition) is 0. The summed E-state index contributed by atoms with van der Waals surface area (Å²) in [5.41, 5.74) is 0. The zero-order valence-corrected chi connectivity index (χ0v) is 26.3. The third-order valence-corrected chi connectivity index (χ3v) is 8.29. The molecule has 0 aliphatic heterocycles. The van der Waals surface area contributed by atoms with Gasteiger partial charge in [-0.1, -0.05) is 182 Å². The minimum Gasteiger partial charge on any atom is -0.465 e. The van der Waals surface area contributed by atoms with E-state index in [0.29, 0.717) is 12.5 Å². The molecule has 1 unspecified atom stereocenters. The standard InChI is InChI=1S/C35H70O2/c1-5-8-11-14-17-18-19-22-23-26-29-33(4)35(36)37-32-34(30-27-24-20-15-12-9-6-2)31-28-25-21-16-13-10-7-3/h33-34H,5-32H2,1-4H3. The number of carbonyl (C=O) groups is 1. The van der Waals surface area contributed by atoms with Gasteiger partial charge < -0.3 is 4.74 Å². The van der Waals surface area contributed by atoms with Gasteiger partial charge in [-0.15, -0.1) is 0 Å². The molecule has 0 radical (unpaired) electrons. The van der Waals surface area contributed by atoms with Crippen molar-refractivity contribution in [3.8, 4) is 0 Å². The molecule has 0 saturated heterocycles. The van der Waals surface area contributed by atoms with Crippen LogP contribution in [0.1, 0.15) is 201 Å². The lowest BCUT2D eigenvalue weighted by Crippen LogP contribution is -2.20. The zero-order valence-electron chi connectivity index (χ0n) is 26.3. The van der Waals surface area contributed by atoms with Crippen LogP contribution in [-0.4, -0.2) is 12.6 Å². The largest absolute Gasteiger partial charge is 0.465 e. The van der Waals surface area contributed by atoms with E-state index in [9.17, 15) is 4.79 Å². The molecular weight excluding hydrogens is 452 g/mol. The molecule has 0 bridgehead atoms. The number of rotatable bonds is 30. The molecule has 0 heterocycles. The van der Waals surface area contributed by atoms with Gasteiger partial charge in [-0.05, 0) is 25.2 Å². The van der Waals surface area contributed by atoms with E-state index in [1.807, 2.05) is 0 Å². The molecule has 0 spiro atoms. The van der Waals surface area contributed by atoms with Crippen molar-refractivity contribution in [2.75, 3.05) is 6.61 Å². The Kier molecular flexibility index (Phi) is 29.6. The van der Waals surface area contributed by atoms with Crippen LogP contribution in [0.15, 0.2) is 0 Å². The molecule has 0 aromatic heterocycles. The number of ether oxygens (including phenoxy) is 1. The number of unbranched alkanes of at least 4 members (excludes halogenated alkanes) is 21. The van der Waals surface area contributed by atoms with Crippen LogP contribution in [0.2, 0.25) is 0 Å². The SMILES string of the molecule is CCCCCCCCCCCCC(C)C(=O)OCC(CCCCCCCCC)CCCCCCCCC. The first-order valence-electron chi connectivity index (χ1n) is 17.3. The van der Waals surface area contributed by atoms with Crippen LogP contribution in [0.3, 0.4) is 0 Å². The molecular formula is C35H70O2. The summed E-state index contributed by atoms with van der Waals surface area (Å²) in [4.78, 5) is 12.7. The van der Waals surface area contributed by atoms with Gasteiger partial charge in [0.15, 0.2) is 0 Å². The second kappa shape index (κ2) is 30.0. The van der Waals surface area contributed by atoms with Crippen molar-refractivity contribution < 1.29 is 9.53 Å². The molecule has 0 fully saturated rings. The van der Waals surface area contributed by atoms with Crippen molar-refractivity contribution in [3.05, 3.63) is 0 Å². The molecule has 0 aliphatic carbocycles. The third-order valence-electron chi connectivity index (χ3n) is 8.29. The lowest BCUT2D eigenvalue weighted by molar-refractivity contribution is -0.149. The van der Waals surface area contributed by atoms with Gasteiger partial charge in [0.2, 0.25) is 0 Å². The molecule has 0 aromatic rings. The lowest BCUT2D eigenvalue weighted by Gasteiger charge is -2.19. The normalized spacial score (nSPS) is 12.4. The summed E-state index contributed by atoms with van der Waals surface area (Å²) in [5, 5.41) is 0. The van der Waals surface area contributed by atoms with Gasteiger partial charge >= 0.3 is 5.97 Å². The van der Waals surface area contributed by atoms with E-state index < -0.39 is 0 Å². The maximum atomic E-state index is 12.7. The van der Waals surface area contributed by atoms with E-state index in [0.717, 1.165) is 6.42 Å². The van der Waals surface area contributed by atoms with Gasteiger partial charge in [-0.25, -0.2) is 0 Å². The van der Waals surface area contributed by atoms with Crippen LogP contribution in [0.5, 0.6) is 0 Å². The van der Waals surface area contributed by atoms with Crippen LogP contribution in [0.25, 0.3) is 0 Å². The first kappa shape index (κ1) is 36.5. The molecule has 0 aromatic carbocycles. The Hall–Kier alpha value is -0.530.